The number of thiol groups is 1. The fraction of sp³-hybridized carbons (Fsp3) is 0.444. The summed E-state index contributed by atoms with van der Waals surface area (Å²) in [6.07, 6.45) is 19.5. The van der Waals surface area contributed by atoms with Crippen LogP contribution in [-0.2, 0) is 555 Å². The van der Waals surface area contributed by atoms with E-state index in [0.717, 1.165) is 25.6 Å². The van der Waals surface area contributed by atoms with Gasteiger partial charge in [0.1, 0.15) is 15.1 Å². The van der Waals surface area contributed by atoms with E-state index in [1.807, 2.05) is 479 Å². The smallest absolute Gasteiger partial charge is 0.107 e. The average Bonchev–Trinajstić information content (AvgIpc) is 3.14. The Morgan fingerprint density at radius 3 is 0.588 bits per heavy atom. The molecule has 0 spiro atoms. The van der Waals surface area contributed by atoms with E-state index in [1.165, 1.54) is 82.0 Å². The Kier molecular flexibility index (Phi) is 101. The van der Waals surface area contributed by atoms with Gasteiger partial charge in [0.25, 0.3) is 0 Å². The quantitative estimate of drug-likeness (QED) is 0.192. The molecule has 2 fully saturated rings. The van der Waals surface area contributed by atoms with E-state index < -0.39 is 0 Å². The average molecular weight is 2550 g/mol. The first-order valence-corrected chi connectivity index (χ1v) is 109. The Labute approximate surface area is 768 Å². The Hall–Kier alpha value is 12.8. The molecule has 2 aliphatic rings. The van der Waals surface area contributed by atoms with Crippen LogP contribution in [-0.4, -0.2) is 25.5 Å². The molecule has 0 aromatic carbocycles. The van der Waals surface area contributed by atoms with Gasteiger partial charge in [0, 0.05) is 584 Å². The largest absolute Gasteiger partial charge is 0.249 e. The van der Waals surface area contributed by atoms with Crippen molar-refractivity contribution in [1.29, 1.82) is 0 Å². The van der Waals surface area contributed by atoms with Crippen LogP contribution in [0.25, 0.3) is 0 Å². The van der Waals surface area contributed by atoms with E-state index in [0.29, 0.717) is 0 Å². The molecule has 5 rings (SSSR count). The van der Waals surface area contributed by atoms with Crippen LogP contribution in [0.2, 0.25) is 0 Å². The van der Waals surface area contributed by atoms with Gasteiger partial charge in [-0.1, -0.05) is 67.5 Å². The molecular formula is C27H35N3S67. The summed E-state index contributed by atoms with van der Waals surface area (Å²) >= 11 is 14.0. The van der Waals surface area contributed by atoms with Crippen LogP contribution in [0.15, 0.2) is 88.3 Å². The van der Waals surface area contributed by atoms with Gasteiger partial charge in [-0.3, -0.25) is 0 Å². The van der Waals surface area contributed by atoms with Crippen LogP contribution in [0, 0.1) is 0 Å². The monoisotopic (exact) mass is 2540 g/mol. The molecule has 3 heterocycles. The number of aromatic nitrogens is 3. The van der Waals surface area contributed by atoms with E-state index in [-0.39, 0.29) is 0 Å². The van der Waals surface area contributed by atoms with Gasteiger partial charge in [-0.25, -0.2) is 15.0 Å². The van der Waals surface area contributed by atoms with Gasteiger partial charge in [0.2, 0.25) is 0 Å². The van der Waals surface area contributed by atoms with Gasteiger partial charge >= 0.3 is 0 Å². The van der Waals surface area contributed by atoms with E-state index in [4.69, 9.17) is 22.4 Å². The molecular weight excluding hydrogens is 2510 g/mol. The molecule has 97 heavy (non-hydrogen) atoms. The fourth-order valence-corrected chi connectivity index (χ4v) is 168. The second kappa shape index (κ2) is 92.7. The zero-order valence-corrected chi connectivity index (χ0v) is 100. The minimum Gasteiger partial charge on any atom is -0.249 e. The second-order valence-corrected chi connectivity index (χ2v) is 124. The molecule has 3 aromatic rings. The summed E-state index contributed by atoms with van der Waals surface area (Å²) in [6, 6.07) is 17.9. The highest BCUT2D eigenvalue weighted by Gasteiger charge is 2.14. The number of hydrogen-bond donors (Lipinski definition) is 1. The van der Waals surface area contributed by atoms with Crippen molar-refractivity contribution in [2.75, 3.05) is 0 Å². The summed E-state index contributed by atoms with van der Waals surface area (Å²) in [6.45, 7) is 0. The third-order valence-electron chi connectivity index (χ3n) is 7.16. The number of nitrogens with zero attached hydrogens (tertiary/aromatic N) is 3. The first-order valence-electron chi connectivity index (χ1n) is 22.6. The summed E-state index contributed by atoms with van der Waals surface area (Å²) in [4.78, 5) is 12.7. The predicted octanol–water partition coefficient (Wildman–Crippen LogP) is 9.53. The van der Waals surface area contributed by atoms with Crippen LogP contribution in [0.4, 0.5) is 0 Å². The Bertz CT molecular complexity index is 5640. The standard InChI is InChI=1S/C11H15NS2.C10H8N2S2.C6H12S.S62/c1-2-6-10(7-3-1)13-14-11-8-4-5-9-12-11;1-3-7-11-9(5-1)13-14-10-6-2-4-8-12-10;7-6-4-2-1-3-5-6;1-3-5-7-9-11-13-15-17-19-21-23-25-27-29-31-33-35-37-39-41-43-45-47-49-51-53-55-57-59-61-62-60-58-56-54-52-50-48-46-44-42-40-38-36-34-32-30-28-26-24-22-20-18-16-14-12-10-8-6-4-2/h4-5,8-10H,1-3,6-7H2;1-8H;6-7H,1-5H2;. The third kappa shape index (κ3) is 83.7. The predicted molar refractivity (Wildman–Crippen MR) is 617 cm³/mol. The van der Waals surface area contributed by atoms with Crippen LogP contribution in [0.1, 0.15) is 64.2 Å². The Morgan fingerprint density at radius 2 is 0.423 bits per heavy atom. The zero-order valence-electron chi connectivity index (χ0n) is 45.4. The lowest BCUT2D eigenvalue weighted by Crippen LogP contribution is -2.06. The van der Waals surface area contributed by atoms with Gasteiger partial charge < -0.3 is 0 Å². The molecule has 3 aromatic heterocycles. The van der Waals surface area contributed by atoms with Crippen molar-refractivity contribution in [2.24, 2.45) is 0 Å². The van der Waals surface area contributed by atoms with Crippen molar-refractivity contribution >= 4 is 611 Å². The van der Waals surface area contributed by atoms with E-state index in [1.54, 1.807) is 141 Å². The highest BCUT2D eigenvalue weighted by molar-refractivity contribution is 8.84. The van der Waals surface area contributed by atoms with Crippen LogP contribution < -0.4 is 0 Å². The maximum absolute atomic E-state index is 4.82. The Balaban J connectivity index is 0.000000713. The van der Waals surface area contributed by atoms with Crippen LogP contribution in [0.3, 0.4) is 0 Å². The van der Waals surface area contributed by atoms with Crippen molar-refractivity contribution < 1.29 is 0 Å². The fourth-order valence-electron chi connectivity index (χ4n) is 4.29. The molecule has 0 saturated heterocycles. The molecule has 70 heteroatoms. The summed E-state index contributed by atoms with van der Waals surface area (Å²) in [5, 5.41) is 4.74. The molecule has 0 radical (unpaired) electrons. The molecule has 2 aliphatic carbocycles. The van der Waals surface area contributed by atoms with Gasteiger partial charge in [-0.15, -0.1) is 0 Å². The normalized spacial score (nSPS) is 10.9. The van der Waals surface area contributed by atoms with Crippen molar-refractivity contribution in [3.05, 3.63) is 73.2 Å². The highest BCUT2D eigenvalue weighted by atomic mass is 33.5. The van der Waals surface area contributed by atoms with Gasteiger partial charge in [-0.2, -0.15) is 12.6 Å². The molecule has 3 nitrogen and oxygen atoms in total. The summed E-state index contributed by atoms with van der Waals surface area (Å²) in [5.74, 6) is 0. The second-order valence-electron chi connectivity index (χ2n) is 12.5. The van der Waals surface area contributed by atoms with E-state index >= 15 is 0 Å². The van der Waals surface area contributed by atoms with Crippen LogP contribution >= 0.6 is 55.8 Å². The van der Waals surface area contributed by atoms with Gasteiger partial charge in [0.05, 0.1) is 0 Å². The van der Waals surface area contributed by atoms with Crippen molar-refractivity contribution in [1.82, 2.24) is 15.0 Å². The summed E-state index contributed by atoms with van der Waals surface area (Å²) in [7, 11) is 115. The third-order valence-corrected chi connectivity index (χ3v) is 144. The van der Waals surface area contributed by atoms with E-state index in [9.17, 15) is 0 Å². The number of pyridine rings is 3. The molecule has 0 bridgehead atoms. The van der Waals surface area contributed by atoms with Crippen molar-refractivity contribution in [2.45, 2.75) is 89.8 Å². The lowest BCUT2D eigenvalue weighted by Gasteiger charge is -2.19. The minimum absolute atomic E-state index is 0.730. The topological polar surface area (TPSA) is 38.7 Å². The molecule has 0 N–H and O–H groups in total. The maximum Gasteiger partial charge on any atom is 0.107 e. The molecule has 0 aliphatic heterocycles. The Morgan fingerprint density at radius 1 is 0.237 bits per heavy atom. The molecule has 560 valence electrons. The maximum atomic E-state index is 4.82. The van der Waals surface area contributed by atoms with Crippen LogP contribution in [0.5, 0.6) is 0 Å². The SMILES string of the molecule is S=S=S=S=S=S=S=S=S=S=S=S=S=S=S=S=S=S=S=S=S=S=S=S=S=S=S=S=S=S=S=S=S=S=S=S=S=S=S=S=S=S=S=S=S=S=S=S=S=S=S=S=S=S=S=S=S=S=S=S=S=S.SC1CCCCC1.c1ccc(SSC2CCCCC2)nc1.c1ccc(SSc2ccccn2)nc1. The highest BCUT2D eigenvalue weighted by Crippen LogP contribution is 2.39. The summed E-state index contributed by atoms with van der Waals surface area (Å²) in [5.41, 5.74) is 0. The number of rotatable bonds is 6. The van der Waals surface area contributed by atoms with Gasteiger partial charge in [0.15, 0.2) is 0 Å². The zero-order chi connectivity index (χ0) is 68.8. The molecule has 2 saturated carbocycles. The lowest BCUT2D eigenvalue weighted by atomic mass is 10.0. The molecule has 0 atom stereocenters. The minimum atomic E-state index is 0.730. The van der Waals surface area contributed by atoms with Gasteiger partial charge in [-0.05, 0) is 94.5 Å². The van der Waals surface area contributed by atoms with Crippen molar-refractivity contribution in [3.63, 3.8) is 0 Å². The first-order chi connectivity index (χ1) is 48.2. The lowest BCUT2D eigenvalue weighted by molar-refractivity contribution is 0.517. The number of hydrogen-bond acceptors (Lipinski definition) is 10. The van der Waals surface area contributed by atoms with E-state index in [2.05, 4.69) is 39.7 Å². The molecule has 0 unspecified atom stereocenters. The van der Waals surface area contributed by atoms with Crippen molar-refractivity contribution in [3.8, 4) is 0 Å². The summed E-state index contributed by atoms with van der Waals surface area (Å²) < 4.78 is 0. The molecule has 0 amide bonds. The first kappa shape index (κ1) is 106.